The molecule has 4 rings (SSSR count). The number of hydrogen-bond donors (Lipinski definition) is 1. The number of nitrogens with zero attached hydrogens (tertiary/aromatic N) is 3. The highest BCUT2D eigenvalue weighted by Crippen LogP contribution is 2.27. The van der Waals surface area contributed by atoms with Crippen molar-refractivity contribution < 1.29 is 9.47 Å². The van der Waals surface area contributed by atoms with Crippen molar-refractivity contribution in [1.29, 1.82) is 0 Å². The summed E-state index contributed by atoms with van der Waals surface area (Å²) in [5.74, 6) is 1.37. The van der Waals surface area contributed by atoms with E-state index in [0.717, 1.165) is 41.3 Å². The second kappa shape index (κ2) is 9.52. The average molecular weight is 402 g/mol. The lowest BCUT2D eigenvalue weighted by molar-refractivity contribution is 0.146. The molecule has 3 aromatic rings. The maximum atomic E-state index is 5.86. The summed E-state index contributed by atoms with van der Waals surface area (Å²) in [4.78, 5) is 11.4. The predicted molar refractivity (Wildman–Crippen MR) is 119 cm³/mol. The van der Waals surface area contributed by atoms with Crippen LogP contribution < -0.4 is 10.1 Å². The number of rotatable bonds is 1. The minimum Gasteiger partial charge on any atom is -0.496 e. The molecule has 2 aromatic carbocycles. The third kappa shape index (κ3) is 5.03. The molecule has 1 N–H and O–H groups in total. The zero-order chi connectivity index (χ0) is 20.8. The number of nitrogens with one attached hydrogen (secondary N) is 1. The Morgan fingerprint density at radius 1 is 1.10 bits per heavy atom. The Labute approximate surface area is 177 Å². The lowest BCUT2D eigenvalue weighted by atomic mass is 10.1. The minimum absolute atomic E-state index is 0.470. The van der Waals surface area contributed by atoms with E-state index in [1.165, 1.54) is 5.56 Å². The molecular formula is C24H26N4O2. The Hall–Kier alpha value is -3.22. The number of fused-ring (bicyclic) bond motifs is 7. The highest BCUT2D eigenvalue weighted by atomic mass is 16.5. The molecule has 0 fully saturated rings. The summed E-state index contributed by atoms with van der Waals surface area (Å²) in [6.07, 6.45) is 5.97. The van der Waals surface area contributed by atoms with E-state index in [1.54, 1.807) is 13.3 Å². The van der Waals surface area contributed by atoms with Crippen molar-refractivity contribution in [3.8, 4) is 17.0 Å². The van der Waals surface area contributed by atoms with Crippen molar-refractivity contribution >= 4 is 11.6 Å². The Bertz CT molecular complexity index is 1040. The van der Waals surface area contributed by atoms with Gasteiger partial charge in [0.15, 0.2) is 0 Å². The lowest BCUT2D eigenvalue weighted by Crippen LogP contribution is -2.17. The third-order valence-electron chi connectivity index (χ3n) is 4.92. The van der Waals surface area contributed by atoms with Crippen LogP contribution in [0.5, 0.6) is 5.75 Å². The molecule has 30 heavy (non-hydrogen) atoms. The van der Waals surface area contributed by atoms with Crippen molar-refractivity contribution in [2.45, 2.75) is 13.2 Å². The fraction of sp³-hybridized carbons (Fsp3) is 0.250. The molecule has 0 saturated heterocycles. The number of ether oxygens (including phenoxy) is 2. The summed E-state index contributed by atoms with van der Waals surface area (Å²) in [6, 6.07) is 16.3. The molecule has 2 heterocycles. The Balaban J connectivity index is 1.70. The highest BCUT2D eigenvalue weighted by molar-refractivity contribution is 5.64. The average Bonchev–Trinajstić information content (AvgIpc) is 2.76. The van der Waals surface area contributed by atoms with Gasteiger partial charge in [0, 0.05) is 36.1 Å². The van der Waals surface area contributed by atoms with E-state index in [1.807, 2.05) is 30.3 Å². The predicted octanol–water partition coefficient (Wildman–Crippen LogP) is 4.41. The summed E-state index contributed by atoms with van der Waals surface area (Å²) in [5.41, 5.74) is 5.02. The molecule has 0 amide bonds. The molecule has 6 bridgehead atoms. The summed E-state index contributed by atoms with van der Waals surface area (Å²) in [5, 5.41) is 3.33. The molecule has 0 radical (unpaired) electrons. The van der Waals surface area contributed by atoms with Crippen molar-refractivity contribution in [3.63, 3.8) is 0 Å². The molecular weight excluding hydrogens is 376 g/mol. The first-order valence-electron chi connectivity index (χ1n) is 9.99. The van der Waals surface area contributed by atoms with E-state index < -0.39 is 0 Å². The van der Waals surface area contributed by atoms with Crippen molar-refractivity contribution in [2.24, 2.45) is 0 Å². The second-order valence-electron chi connectivity index (χ2n) is 7.30. The highest BCUT2D eigenvalue weighted by Gasteiger charge is 2.09. The first-order valence-corrected chi connectivity index (χ1v) is 9.99. The van der Waals surface area contributed by atoms with Crippen LogP contribution in [-0.2, 0) is 17.9 Å². The number of hydrogen-bond acceptors (Lipinski definition) is 6. The Morgan fingerprint density at radius 3 is 2.93 bits per heavy atom. The number of methoxy groups -OCH3 is 1. The normalized spacial score (nSPS) is 15.0. The smallest absolute Gasteiger partial charge is 0.227 e. The van der Waals surface area contributed by atoms with Gasteiger partial charge in [0.25, 0.3) is 0 Å². The number of benzene rings is 2. The number of aromatic nitrogens is 2. The van der Waals surface area contributed by atoms with Crippen molar-refractivity contribution in [3.05, 3.63) is 78.0 Å². The molecule has 6 nitrogen and oxygen atoms in total. The Morgan fingerprint density at radius 2 is 2.03 bits per heavy atom. The molecule has 6 heteroatoms. The van der Waals surface area contributed by atoms with Crippen LogP contribution in [0.2, 0.25) is 0 Å². The first-order chi connectivity index (χ1) is 14.7. The largest absolute Gasteiger partial charge is 0.496 e. The van der Waals surface area contributed by atoms with E-state index in [4.69, 9.17) is 14.5 Å². The monoisotopic (exact) mass is 402 g/mol. The van der Waals surface area contributed by atoms with E-state index in [-0.39, 0.29) is 0 Å². The van der Waals surface area contributed by atoms with Crippen molar-refractivity contribution in [2.75, 3.05) is 32.6 Å². The molecule has 1 aromatic heterocycles. The SMILES string of the molecule is COc1ccc2cc1COCC=CCN(C)Cc1cccc(c1)Nc1nccc-2n1. The van der Waals surface area contributed by atoms with Gasteiger partial charge >= 0.3 is 0 Å². The van der Waals surface area contributed by atoms with Crippen molar-refractivity contribution in [1.82, 2.24) is 14.9 Å². The van der Waals surface area contributed by atoms with Gasteiger partial charge in [-0.15, -0.1) is 0 Å². The van der Waals surface area contributed by atoms with Crippen LogP contribution in [0.4, 0.5) is 11.6 Å². The van der Waals surface area contributed by atoms with E-state index in [2.05, 4.69) is 52.6 Å². The van der Waals surface area contributed by atoms with Gasteiger partial charge in [-0.1, -0.05) is 24.3 Å². The van der Waals surface area contributed by atoms with Crippen LogP contribution in [0, 0.1) is 0 Å². The van der Waals surface area contributed by atoms with Gasteiger partial charge in [0.05, 0.1) is 26.0 Å². The second-order valence-corrected chi connectivity index (χ2v) is 7.30. The minimum atomic E-state index is 0.470. The van der Waals surface area contributed by atoms with Crippen LogP contribution in [0.25, 0.3) is 11.3 Å². The lowest BCUT2D eigenvalue weighted by Gasteiger charge is -2.16. The fourth-order valence-electron chi connectivity index (χ4n) is 3.44. The molecule has 1 aliphatic rings. The number of likely N-dealkylation sites (N-methyl/N-ethyl adjacent to an activating group) is 1. The maximum Gasteiger partial charge on any atom is 0.227 e. The van der Waals surface area contributed by atoms with Crippen LogP contribution in [0.3, 0.4) is 0 Å². The van der Waals surface area contributed by atoms with Crippen LogP contribution in [0.1, 0.15) is 11.1 Å². The maximum absolute atomic E-state index is 5.86. The van der Waals surface area contributed by atoms with Crippen LogP contribution in [-0.4, -0.2) is 42.2 Å². The molecule has 0 aliphatic carbocycles. The number of anilines is 2. The van der Waals surface area contributed by atoms with Gasteiger partial charge in [-0.05, 0) is 49.0 Å². The van der Waals surface area contributed by atoms with E-state index in [0.29, 0.717) is 19.2 Å². The standard InChI is InChI=1S/C24H26N4O2/c1-28-12-3-4-13-30-17-20-15-19(8-9-23(20)29-2)22-10-11-25-24(27-22)26-21-7-5-6-18(14-21)16-28/h3-11,14-15H,12-13,16-17H2,1-2H3,(H,25,26,27). The fourth-order valence-corrected chi connectivity index (χ4v) is 3.44. The van der Waals surface area contributed by atoms with Crippen LogP contribution in [0.15, 0.2) is 66.9 Å². The first kappa shape index (κ1) is 20.1. The van der Waals surface area contributed by atoms with Crippen LogP contribution >= 0.6 is 0 Å². The van der Waals surface area contributed by atoms with Gasteiger partial charge in [-0.25, -0.2) is 9.97 Å². The Kier molecular flexibility index (Phi) is 6.37. The molecule has 0 spiro atoms. The zero-order valence-corrected chi connectivity index (χ0v) is 17.3. The summed E-state index contributed by atoms with van der Waals surface area (Å²) < 4.78 is 11.4. The molecule has 0 atom stereocenters. The molecule has 1 aliphatic heterocycles. The van der Waals surface area contributed by atoms with Gasteiger partial charge < -0.3 is 14.8 Å². The molecule has 154 valence electrons. The molecule has 0 unspecified atom stereocenters. The quantitative estimate of drug-likeness (QED) is 0.609. The van der Waals surface area contributed by atoms with Gasteiger partial charge in [0.1, 0.15) is 5.75 Å². The molecule has 0 saturated carbocycles. The summed E-state index contributed by atoms with van der Waals surface area (Å²) in [6.45, 7) is 2.73. The van der Waals surface area contributed by atoms with E-state index >= 15 is 0 Å². The van der Waals surface area contributed by atoms with E-state index in [9.17, 15) is 0 Å². The van der Waals surface area contributed by atoms with Gasteiger partial charge in [-0.2, -0.15) is 0 Å². The summed E-state index contributed by atoms with van der Waals surface area (Å²) >= 11 is 0. The zero-order valence-electron chi connectivity index (χ0n) is 17.3. The summed E-state index contributed by atoms with van der Waals surface area (Å²) in [7, 11) is 3.78. The van der Waals surface area contributed by atoms with Gasteiger partial charge in [-0.3, -0.25) is 4.90 Å². The third-order valence-corrected chi connectivity index (χ3v) is 4.92. The topological polar surface area (TPSA) is 59.5 Å². The van der Waals surface area contributed by atoms with Gasteiger partial charge in [0.2, 0.25) is 5.95 Å².